The van der Waals surface area contributed by atoms with Crippen molar-refractivity contribution in [3.8, 4) is 0 Å². The fourth-order valence-corrected chi connectivity index (χ4v) is 5.67. The lowest BCUT2D eigenvalue weighted by atomic mass is 9.94. The van der Waals surface area contributed by atoms with Crippen molar-refractivity contribution >= 4 is 16.0 Å². The quantitative estimate of drug-likeness (QED) is 0.826. The molecule has 1 N–H and O–H groups in total. The number of rotatable bonds is 4. The van der Waals surface area contributed by atoms with Gasteiger partial charge in [0.25, 0.3) is 0 Å². The minimum absolute atomic E-state index is 0.0384. The van der Waals surface area contributed by atoms with Gasteiger partial charge in [-0.3, -0.25) is 4.79 Å². The normalized spacial score (nSPS) is 36.8. The van der Waals surface area contributed by atoms with E-state index in [1.54, 1.807) is 0 Å². The van der Waals surface area contributed by atoms with E-state index in [1.165, 1.54) is 4.31 Å². The molecule has 5 nitrogen and oxygen atoms in total. The Morgan fingerprint density at radius 2 is 1.94 bits per heavy atom. The van der Waals surface area contributed by atoms with E-state index in [-0.39, 0.29) is 23.5 Å². The van der Waals surface area contributed by atoms with Crippen LogP contribution in [0.5, 0.6) is 0 Å². The first-order valence-electron chi connectivity index (χ1n) is 6.71. The first-order valence-corrected chi connectivity index (χ1v) is 8.32. The molecule has 0 radical (unpaired) electrons. The maximum Gasteiger partial charge on any atom is 0.322 e. The highest BCUT2D eigenvalue weighted by molar-refractivity contribution is 7.89. The predicted molar refractivity (Wildman–Crippen MR) is 65.5 cm³/mol. The van der Waals surface area contributed by atoms with E-state index < -0.39 is 22.0 Å². The smallest absolute Gasteiger partial charge is 0.322 e. The van der Waals surface area contributed by atoms with Gasteiger partial charge in [-0.2, -0.15) is 4.31 Å². The lowest BCUT2D eigenvalue weighted by molar-refractivity contribution is -0.142. The largest absolute Gasteiger partial charge is 0.480 e. The number of carboxylic acids is 1. The summed E-state index contributed by atoms with van der Waals surface area (Å²) in [4.78, 5) is 11.4. The van der Waals surface area contributed by atoms with E-state index in [1.807, 2.05) is 0 Å². The van der Waals surface area contributed by atoms with Crippen molar-refractivity contribution in [2.45, 2.75) is 38.1 Å². The highest BCUT2D eigenvalue weighted by Gasteiger charge is 2.52. The molecule has 1 heterocycles. The van der Waals surface area contributed by atoms with Gasteiger partial charge in [0.1, 0.15) is 6.04 Å². The van der Waals surface area contributed by atoms with Crippen molar-refractivity contribution in [3.63, 3.8) is 0 Å². The molecular weight excluding hydrogens is 254 g/mol. The van der Waals surface area contributed by atoms with Crippen LogP contribution in [-0.2, 0) is 14.8 Å². The number of fused-ring (bicyclic) bond motifs is 1. The number of carboxylic acid groups (broad SMARTS) is 1. The van der Waals surface area contributed by atoms with Gasteiger partial charge in [0.15, 0.2) is 0 Å². The molecule has 102 valence electrons. The van der Waals surface area contributed by atoms with Crippen LogP contribution in [0.3, 0.4) is 0 Å². The van der Waals surface area contributed by atoms with Crippen LogP contribution in [0, 0.1) is 17.8 Å². The van der Waals surface area contributed by atoms with Crippen molar-refractivity contribution in [3.05, 3.63) is 0 Å². The van der Waals surface area contributed by atoms with Gasteiger partial charge in [-0.25, -0.2) is 8.42 Å². The average molecular weight is 273 g/mol. The second-order valence-corrected chi connectivity index (χ2v) is 7.90. The summed E-state index contributed by atoms with van der Waals surface area (Å²) in [5, 5.41) is 9.34. The van der Waals surface area contributed by atoms with Gasteiger partial charge in [-0.1, -0.05) is 6.42 Å². The highest BCUT2D eigenvalue weighted by atomic mass is 32.2. The summed E-state index contributed by atoms with van der Waals surface area (Å²) in [6, 6.07) is -0.804. The number of aliphatic carboxylic acids is 1. The second-order valence-electron chi connectivity index (χ2n) is 5.93. The van der Waals surface area contributed by atoms with Crippen molar-refractivity contribution < 1.29 is 18.3 Å². The van der Waals surface area contributed by atoms with Crippen molar-refractivity contribution in [2.75, 3.05) is 12.3 Å². The first kappa shape index (κ1) is 12.4. The molecule has 0 aromatic rings. The number of carbonyl (C=O) groups is 1. The average Bonchev–Trinajstić information content (AvgIpc) is 2.82. The summed E-state index contributed by atoms with van der Waals surface area (Å²) in [6.07, 6.45) is 4.81. The van der Waals surface area contributed by atoms with Crippen molar-refractivity contribution in [2.24, 2.45) is 17.8 Å². The topological polar surface area (TPSA) is 74.7 Å². The zero-order valence-corrected chi connectivity index (χ0v) is 11.1. The Labute approximate surface area is 107 Å². The van der Waals surface area contributed by atoms with E-state index in [0.717, 1.165) is 32.1 Å². The van der Waals surface area contributed by atoms with Gasteiger partial charge in [-0.05, 0) is 43.4 Å². The molecule has 3 atom stereocenters. The Morgan fingerprint density at radius 3 is 2.56 bits per heavy atom. The van der Waals surface area contributed by atoms with Crippen LogP contribution in [0.2, 0.25) is 0 Å². The summed E-state index contributed by atoms with van der Waals surface area (Å²) in [7, 11) is -3.38. The summed E-state index contributed by atoms with van der Waals surface area (Å²) in [5.74, 6) is -0.249. The fraction of sp³-hybridized carbons (Fsp3) is 0.917. The highest BCUT2D eigenvalue weighted by Crippen LogP contribution is 2.44. The summed E-state index contributed by atoms with van der Waals surface area (Å²) in [5.41, 5.74) is 0. The molecule has 0 bridgehead atoms. The molecule has 2 aliphatic carbocycles. The molecule has 3 aliphatic rings. The lowest BCUT2D eigenvalue weighted by Gasteiger charge is -2.23. The van der Waals surface area contributed by atoms with Crippen LogP contribution < -0.4 is 0 Å². The molecule has 0 amide bonds. The maximum atomic E-state index is 12.3. The minimum Gasteiger partial charge on any atom is -0.480 e. The predicted octanol–water partition coefficient (Wildman–Crippen LogP) is 0.911. The van der Waals surface area contributed by atoms with Gasteiger partial charge >= 0.3 is 5.97 Å². The van der Waals surface area contributed by atoms with E-state index >= 15 is 0 Å². The lowest BCUT2D eigenvalue weighted by Crippen LogP contribution is -2.44. The number of nitrogens with zero attached hydrogens (tertiary/aromatic N) is 1. The standard InChI is InChI=1S/C12H19NO4S/c14-12(15)11-10-3-1-2-9(10)6-13(11)18(16,17)7-8-4-5-8/h8-11H,1-7H2,(H,14,15). The van der Waals surface area contributed by atoms with Gasteiger partial charge in [0, 0.05) is 6.54 Å². The molecule has 0 aromatic heterocycles. The van der Waals surface area contributed by atoms with Crippen LogP contribution in [-0.4, -0.2) is 42.1 Å². The summed E-state index contributed by atoms with van der Waals surface area (Å²) < 4.78 is 25.9. The van der Waals surface area contributed by atoms with Gasteiger partial charge < -0.3 is 5.11 Å². The van der Waals surface area contributed by atoms with Gasteiger partial charge in [0.2, 0.25) is 10.0 Å². The molecule has 1 aliphatic heterocycles. The fourth-order valence-electron chi connectivity index (χ4n) is 3.54. The SMILES string of the molecule is O=C(O)C1C2CCCC2CN1S(=O)(=O)CC1CC1. The Bertz CT molecular complexity index is 457. The molecule has 3 fully saturated rings. The second kappa shape index (κ2) is 4.20. The van der Waals surface area contributed by atoms with Gasteiger partial charge in [-0.15, -0.1) is 0 Å². The molecule has 0 aromatic carbocycles. The third-order valence-corrected chi connectivity index (χ3v) is 6.59. The van der Waals surface area contributed by atoms with E-state index in [9.17, 15) is 18.3 Å². The Balaban J connectivity index is 1.84. The van der Waals surface area contributed by atoms with Crippen molar-refractivity contribution in [1.82, 2.24) is 4.31 Å². The van der Waals surface area contributed by atoms with Crippen LogP contribution in [0.25, 0.3) is 0 Å². The molecule has 3 unspecified atom stereocenters. The zero-order chi connectivity index (χ0) is 12.9. The van der Waals surface area contributed by atoms with E-state index in [4.69, 9.17) is 0 Å². The summed E-state index contributed by atoms with van der Waals surface area (Å²) in [6.45, 7) is 0.427. The zero-order valence-electron chi connectivity index (χ0n) is 10.3. The van der Waals surface area contributed by atoms with Gasteiger partial charge in [0.05, 0.1) is 5.75 Å². The van der Waals surface area contributed by atoms with Crippen LogP contribution in [0.4, 0.5) is 0 Å². The number of hydrogen-bond acceptors (Lipinski definition) is 3. The first-order chi connectivity index (χ1) is 8.49. The molecule has 1 saturated heterocycles. The van der Waals surface area contributed by atoms with Crippen LogP contribution >= 0.6 is 0 Å². The maximum absolute atomic E-state index is 12.3. The Hall–Kier alpha value is -0.620. The van der Waals surface area contributed by atoms with E-state index in [2.05, 4.69) is 0 Å². The molecule has 2 saturated carbocycles. The third-order valence-electron chi connectivity index (χ3n) is 4.60. The third kappa shape index (κ3) is 2.05. The molecule has 6 heteroatoms. The Kier molecular flexibility index (Phi) is 2.90. The van der Waals surface area contributed by atoms with E-state index in [0.29, 0.717) is 6.54 Å². The molecule has 18 heavy (non-hydrogen) atoms. The molecule has 0 spiro atoms. The Morgan fingerprint density at radius 1 is 1.22 bits per heavy atom. The minimum atomic E-state index is -3.38. The van der Waals surface area contributed by atoms with Crippen molar-refractivity contribution in [1.29, 1.82) is 0 Å². The number of hydrogen-bond donors (Lipinski definition) is 1. The monoisotopic (exact) mass is 273 g/mol. The molecule has 3 rings (SSSR count). The number of sulfonamides is 1. The molecular formula is C12H19NO4S. The van der Waals surface area contributed by atoms with Crippen LogP contribution in [0.1, 0.15) is 32.1 Å². The van der Waals surface area contributed by atoms with Crippen LogP contribution in [0.15, 0.2) is 0 Å². The summed E-state index contributed by atoms with van der Waals surface area (Å²) >= 11 is 0.